The standard InChI is InChI=1S/C10H19F2NO2.C2H6/c1-4-13-6-5-8(15-10(11)12)9(13)7(2)14-3;1-2/h7-10H,4-6H2,1-3H3;1-2H3/t7-,8-,9+;/m0./s1. The molecule has 17 heavy (non-hydrogen) atoms. The second-order valence-electron chi connectivity index (χ2n) is 3.78. The number of rotatable bonds is 5. The van der Waals surface area contributed by atoms with Gasteiger partial charge in [-0.3, -0.25) is 4.90 Å². The molecule has 0 aliphatic carbocycles. The van der Waals surface area contributed by atoms with Crippen molar-refractivity contribution in [2.75, 3.05) is 20.2 Å². The van der Waals surface area contributed by atoms with Crippen molar-refractivity contribution >= 4 is 0 Å². The van der Waals surface area contributed by atoms with Crippen LogP contribution >= 0.6 is 0 Å². The fourth-order valence-corrected chi connectivity index (χ4v) is 2.24. The first-order valence-corrected chi connectivity index (χ1v) is 6.30. The van der Waals surface area contributed by atoms with Crippen molar-refractivity contribution in [3.05, 3.63) is 0 Å². The largest absolute Gasteiger partial charge is 0.380 e. The Balaban J connectivity index is 0.00000121. The van der Waals surface area contributed by atoms with Gasteiger partial charge in [-0.15, -0.1) is 0 Å². The predicted molar refractivity (Wildman–Crippen MR) is 64.3 cm³/mol. The van der Waals surface area contributed by atoms with Crippen molar-refractivity contribution in [3.8, 4) is 0 Å². The van der Waals surface area contributed by atoms with Gasteiger partial charge < -0.3 is 9.47 Å². The molecule has 0 aromatic heterocycles. The van der Waals surface area contributed by atoms with Crippen LogP contribution in [0.1, 0.15) is 34.1 Å². The molecule has 3 atom stereocenters. The zero-order valence-corrected chi connectivity index (χ0v) is 11.5. The summed E-state index contributed by atoms with van der Waals surface area (Å²) in [6.45, 7) is 6.84. The van der Waals surface area contributed by atoms with E-state index in [1.54, 1.807) is 7.11 Å². The summed E-state index contributed by atoms with van der Waals surface area (Å²) in [6, 6.07) is -0.0611. The molecule has 0 spiro atoms. The Morgan fingerprint density at radius 1 is 1.35 bits per heavy atom. The average Bonchev–Trinajstić information content (AvgIpc) is 2.72. The molecule has 0 bridgehead atoms. The maximum Gasteiger partial charge on any atom is 0.345 e. The third-order valence-electron chi connectivity index (χ3n) is 3.04. The summed E-state index contributed by atoms with van der Waals surface area (Å²) < 4.78 is 34.2. The molecule has 1 fully saturated rings. The number of methoxy groups -OCH3 is 1. The number of likely N-dealkylation sites (tertiary alicyclic amines) is 1. The summed E-state index contributed by atoms with van der Waals surface area (Å²) in [5.41, 5.74) is 0. The Morgan fingerprint density at radius 3 is 2.35 bits per heavy atom. The van der Waals surface area contributed by atoms with Crippen molar-refractivity contribution in [3.63, 3.8) is 0 Å². The van der Waals surface area contributed by atoms with Crippen molar-refractivity contribution in [1.29, 1.82) is 0 Å². The van der Waals surface area contributed by atoms with Crippen molar-refractivity contribution < 1.29 is 18.3 Å². The highest BCUT2D eigenvalue weighted by Crippen LogP contribution is 2.26. The molecule has 0 amide bonds. The first-order valence-electron chi connectivity index (χ1n) is 6.30. The van der Waals surface area contributed by atoms with Crippen LogP contribution < -0.4 is 0 Å². The highest BCUT2D eigenvalue weighted by Gasteiger charge is 2.39. The molecule has 104 valence electrons. The Morgan fingerprint density at radius 2 is 1.94 bits per heavy atom. The molecule has 0 unspecified atom stereocenters. The first kappa shape index (κ1) is 16.7. The van der Waals surface area contributed by atoms with Gasteiger partial charge >= 0.3 is 6.61 Å². The van der Waals surface area contributed by atoms with Gasteiger partial charge in [0.15, 0.2) is 0 Å². The average molecular weight is 253 g/mol. The summed E-state index contributed by atoms with van der Waals surface area (Å²) in [7, 11) is 1.59. The van der Waals surface area contributed by atoms with Gasteiger partial charge in [-0.25, -0.2) is 0 Å². The van der Waals surface area contributed by atoms with Gasteiger partial charge in [0.2, 0.25) is 0 Å². The number of ether oxygens (including phenoxy) is 2. The summed E-state index contributed by atoms with van der Waals surface area (Å²) in [5.74, 6) is 0. The van der Waals surface area contributed by atoms with E-state index >= 15 is 0 Å². The minimum atomic E-state index is -2.70. The Labute approximate surface area is 103 Å². The monoisotopic (exact) mass is 253 g/mol. The molecule has 1 aliphatic heterocycles. The maximum absolute atomic E-state index is 12.2. The third-order valence-corrected chi connectivity index (χ3v) is 3.04. The molecule has 1 saturated heterocycles. The van der Waals surface area contributed by atoms with Crippen LogP contribution in [0.25, 0.3) is 0 Å². The number of nitrogens with zero attached hydrogens (tertiary/aromatic N) is 1. The quantitative estimate of drug-likeness (QED) is 0.752. The molecule has 0 aromatic carbocycles. The molecule has 0 N–H and O–H groups in total. The number of halogens is 2. The molecule has 1 heterocycles. The SMILES string of the molecule is CC.CCN1CC[C@H](OC(F)F)[C@H]1[C@H](C)OC. The topological polar surface area (TPSA) is 21.7 Å². The highest BCUT2D eigenvalue weighted by atomic mass is 19.3. The van der Waals surface area contributed by atoms with Crippen LogP contribution in [0.2, 0.25) is 0 Å². The lowest BCUT2D eigenvalue weighted by Crippen LogP contribution is -2.45. The van der Waals surface area contributed by atoms with Crippen LogP contribution in [-0.4, -0.2) is 50.0 Å². The summed E-state index contributed by atoms with van der Waals surface area (Å²) in [6.07, 6.45) is 0.146. The van der Waals surface area contributed by atoms with E-state index < -0.39 is 12.7 Å². The number of hydrogen-bond donors (Lipinski definition) is 0. The van der Waals surface area contributed by atoms with Crippen LogP contribution in [0.3, 0.4) is 0 Å². The van der Waals surface area contributed by atoms with Crippen LogP contribution in [0.5, 0.6) is 0 Å². The molecule has 3 nitrogen and oxygen atoms in total. The Hall–Kier alpha value is -0.260. The Kier molecular flexibility index (Phi) is 8.64. The van der Waals surface area contributed by atoms with E-state index in [1.807, 2.05) is 27.7 Å². The van der Waals surface area contributed by atoms with Gasteiger partial charge in [-0.1, -0.05) is 20.8 Å². The van der Waals surface area contributed by atoms with E-state index in [-0.39, 0.29) is 12.1 Å². The zero-order chi connectivity index (χ0) is 13.4. The van der Waals surface area contributed by atoms with Crippen molar-refractivity contribution in [2.24, 2.45) is 0 Å². The lowest BCUT2D eigenvalue weighted by molar-refractivity contribution is -0.176. The molecular weight excluding hydrogens is 228 g/mol. The van der Waals surface area contributed by atoms with Crippen molar-refractivity contribution in [2.45, 2.75) is 59.0 Å². The number of hydrogen-bond acceptors (Lipinski definition) is 3. The second-order valence-corrected chi connectivity index (χ2v) is 3.78. The van der Waals surface area contributed by atoms with Crippen molar-refractivity contribution in [1.82, 2.24) is 4.90 Å². The van der Waals surface area contributed by atoms with E-state index in [0.29, 0.717) is 6.42 Å². The summed E-state index contributed by atoms with van der Waals surface area (Å²) in [4.78, 5) is 2.13. The van der Waals surface area contributed by atoms with Crippen LogP contribution in [0.15, 0.2) is 0 Å². The lowest BCUT2D eigenvalue weighted by Gasteiger charge is -2.31. The minimum absolute atomic E-state index is 0.0611. The smallest absolute Gasteiger partial charge is 0.345 e. The number of alkyl halides is 2. The normalized spacial score (nSPS) is 26.8. The molecule has 5 heteroatoms. The first-order chi connectivity index (χ1) is 8.10. The van der Waals surface area contributed by atoms with Crippen LogP contribution in [-0.2, 0) is 9.47 Å². The fourth-order valence-electron chi connectivity index (χ4n) is 2.24. The number of likely N-dealkylation sites (N-methyl/N-ethyl adjacent to an activating group) is 1. The van der Waals surface area contributed by atoms with Gasteiger partial charge in [-0.05, 0) is 19.9 Å². The van der Waals surface area contributed by atoms with E-state index in [9.17, 15) is 8.78 Å². The molecule has 1 rings (SSSR count). The molecule has 1 aliphatic rings. The van der Waals surface area contributed by atoms with Gasteiger partial charge in [0, 0.05) is 13.7 Å². The highest BCUT2D eigenvalue weighted by molar-refractivity contribution is 4.91. The molecule has 0 aromatic rings. The van der Waals surface area contributed by atoms with Gasteiger partial charge in [0.25, 0.3) is 0 Å². The maximum atomic E-state index is 12.2. The third kappa shape index (κ3) is 4.85. The van der Waals surface area contributed by atoms with E-state index in [0.717, 1.165) is 13.1 Å². The van der Waals surface area contributed by atoms with E-state index in [1.165, 1.54) is 0 Å². The lowest BCUT2D eigenvalue weighted by atomic mass is 10.1. The van der Waals surface area contributed by atoms with E-state index in [2.05, 4.69) is 9.64 Å². The van der Waals surface area contributed by atoms with Gasteiger partial charge in [0.05, 0.1) is 18.2 Å². The predicted octanol–water partition coefficient (Wildman–Crippen LogP) is 2.75. The van der Waals surface area contributed by atoms with Gasteiger partial charge in [-0.2, -0.15) is 8.78 Å². The fraction of sp³-hybridized carbons (Fsp3) is 1.00. The van der Waals surface area contributed by atoms with Crippen LogP contribution in [0.4, 0.5) is 8.78 Å². The van der Waals surface area contributed by atoms with Gasteiger partial charge in [0.1, 0.15) is 0 Å². The minimum Gasteiger partial charge on any atom is -0.380 e. The summed E-state index contributed by atoms with van der Waals surface area (Å²) in [5, 5.41) is 0. The van der Waals surface area contributed by atoms with E-state index in [4.69, 9.17) is 4.74 Å². The second kappa shape index (κ2) is 8.78. The Bertz CT molecular complexity index is 193. The zero-order valence-electron chi connectivity index (χ0n) is 11.5. The summed E-state index contributed by atoms with van der Waals surface area (Å²) >= 11 is 0. The molecular formula is C12H25F2NO2. The molecule has 0 saturated carbocycles. The molecule has 0 radical (unpaired) electrons. The van der Waals surface area contributed by atoms with Crippen LogP contribution in [0, 0.1) is 0 Å².